The van der Waals surface area contributed by atoms with E-state index in [1.54, 1.807) is 0 Å². The summed E-state index contributed by atoms with van der Waals surface area (Å²) in [7, 11) is 0. The Morgan fingerprint density at radius 2 is 0.927 bits per heavy atom. The summed E-state index contributed by atoms with van der Waals surface area (Å²) in [6.45, 7) is 0. The summed E-state index contributed by atoms with van der Waals surface area (Å²) in [5, 5.41) is 4.66. The predicted octanol–water partition coefficient (Wildman–Crippen LogP) is 9.57. The molecule has 0 fully saturated rings. The van der Waals surface area contributed by atoms with E-state index in [1.165, 1.54) is 33.0 Å². The highest BCUT2D eigenvalue weighted by Crippen LogP contribution is 2.51. The lowest BCUT2D eigenvalue weighted by atomic mass is 9.98. The minimum absolute atomic E-state index is 0.588. The lowest BCUT2D eigenvalue weighted by Gasteiger charge is -2.08. The van der Waals surface area contributed by atoms with Gasteiger partial charge in [-0.3, -0.25) is 0 Å². The van der Waals surface area contributed by atoms with E-state index in [4.69, 9.17) is 19.4 Å². The fraction of sp³-hybridized carbons (Fsp3) is 0. The Bertz CT molecular complexity index is 2250. The highest BCUT2D eigenvalue weighted by molar-refractivity contribution is 6.28. The molecule has 0 atom stereocenters. The number of para-hydroxylation sites is 1. The van der Waals surface area contributed by atoms with Gasteiger partial charge in [-0.15, -0.1) is 0 Å². The molecule has 190 valence electrons. The summed E-state index contributed by atoms with van der Waals surface area (Å²) >= 11 is 0. The molecule has 2 aromatic heterocycles. The second-order valence-electron chi connectivity index (χ2n) is 10.4. The molecule has 6 aromatic carbocycles. The molecule has 1 aliphatic carbocycles. The quantitative estimate of drug-likeness (QED) is 0.231. The Balaban J connectivity index is 1.33. The lowest BCUT2D eigenvalue weighted by Crippen LogP contribution is -2.00. The minimum Gasteiger partial charge on any atom is -0.455 e. The number of aromatic nitrogens is 3. The van der Waals surface area contributed by atoms with Crippen molar-refractivity contribution in [1.82, 2.24) is 15.0 Å². The number of hydrogen-bond donors (Lipinski definition) is 0. The molecule has 4 heteroatoms. The maximum Gasteiger partial charge on any atom is 0.167 e. The van der Waals surface area contributed by atoms with Crippen LogP contribution in [0.15, 0.2) is 132 Å². The zero-order chi connectivity index (χ0) is 26.9. The third kappa shape index (κ3) is 3.25. The van der Waals surface area contributed by atoms with E-state index in [0.717, 1.165) is 38.6 Å². The second kappa shape index (κ2) is 8.44. The first kappa shape index (κ1) is 22.2. The molecule has 4 nitrogen and oxygen atoms in total. The molecule has 0 radical (unpaired) electrons. The van der Waals surface area contributed by atoms with Crippen molar-refractivity contribution in [3.05, 3.63) is 127 Å². The number of benzene rings is 6. The number of fused-ring (bicyclic) bond motifs is 7. The Labute approximate surface area is 235 Å². The van der Waals surface area contributed by atoms with Gasteiger partial charge in [0.05, 0.1) is 5.56 Å². The Hall–Kier alpha value is -5.61. The van der Waals surface area contributed by atoms with Crippen LogP contribution in [0.4, 0.5) is 0 Å². The first-order valence-corrected chi connectivity index (χ1v) is 13.7. The number of rotatable bonds is 3. The topological polar surface area (TPSA) is 51.8 Å². The zero-order valence-corrected chi connectivity index (χ0v) is 21.9. The Morgan fingerprint density at radius 3 is 1.61 bits per heavy atom. The van der Waals surface area contributed by atoms with Crippen molar-refractivity contribution >= 4 is 32.7 Å². The molecule has 0 bridgehead atoms. The van der Waals surface area contributed by atoms with Gasteiger partial charge in [0, 0.05) is 21.9 Å². The first-order chi connectivity index (χ1) is 20.3. The summed E-state index contributed by atoms with van der Waals surface area (Å²) in [5.74, 6) is 1.85. The van der Waals surface area contributed by atoms with Gasteiger partial charge in [-0.25, -0.2) is 15.0 Å². The standard InChI is InChI=1S/C37H21N3O/c1-3-11-22(12-4-1)35-38-36(23-13-5-2-6-14-23)40-37(39-35)29-20-10-19-28-33-27-18-9-17-26-24-15-7-8-16-25(24)30(32(26)27)21-31(33)41-34(28)29/h1-21H. The molecule has 0 unspecified atom stereocenters. The number of hydrogen-bond acceptors (Lipinski definition) is 4. The fourth-order valence-electron chi connectivity index (χ4n) is 6.27. The van der Waals surface area contributed by atoms with Crippen LogP contribution in [0.5, 0.6) is 0 Å². The van der Waals surface area contributed by atoms with Crippen molar-refractivity contribution in [1.29, 1.82) is 0 Å². The van der Waals surface area contributed by atoms with Crippen LogP contribution >= 0.6 is 0 Å². The van der Waals surface area contributed by atoms with Gasteiger partial charge in [0.2, 0.25) is 0 Å². The molecule has 0 saturated heterocycles. The molecular formula is C37H21N3O. The van der Waals surface area contributed by atoms with Crippen LogP contribution in [0, 0.1) is 0 Å². The molecule has 0 amide bonds. The van der Waals surface area contributed by atoms with E-state index in [1.807, 2.05) is 66.7 Å². The molecule has 0 N–H and O–H groups in total. The minimum atomic E-state index is 0.588. The highest BCUT2D eigenvalue weighted by Gasteiger charge is 2.25. The van der Waals surface area contributed by atoms with Gasteiger partial charge in [-0.2, -0.15) is 0 Å². The van der Waals surface area contributed by atoms with Crippen LogP contribution in [-0.4, -0.2) is 15.0 Å². The normalized spacial score (nSPS) is 11.9. The second-order valence-corrected chi connectivity index (χ2v) is 10.4. The van der Waals surface area contributed by atoms with E-state index >= 15 is 0 Å². The van der Waals surface area contributed by atoms with Crippen LogP contribution in [0.2, 0.25) is 0 Å². The van der Waals surface area contributed by atoms with Crippen molar-refractivity contribution in [2.75, 3.05) is 0 Å². The molecule has 0 saturated carbocycles. The van der Waals surface area contributed by atoms with E-state index in [0.29, 0.717) is 17.5 Å². The average Bonchev–Trinajstić information content (AvgIpc) is 3.59. The molecule has 1 aliphatic rings. The summed E-state index contributed by atoms with van der Waals surface area (Å²) < 4.78 is 6.72. The zero-order valence-electron chi connectivity index (χ0n) is 21.9. The van der Waals surface area contributed by atoms with E-state index < -0.39 is 0 Å². The number of nitrogens with zero attached hydrogens (tertiary/aromatic N) is 3. The first-order valence-electron chi connectivity index (χ1n) is 13.7. The van der Waals surface area contributed by atoms with E-state index in [9.17, 15) is 0 Å². The summed E-state index contributed by atoms with van der Waals surface area (Å²) in [4.78, 5) is 14.8. The monoisotopic (exact) mass is 523 g/mol. The largest absolute Gasteiger partial charge is 0.455 e. The van der Waals surface area contributed by atoms with Gasteiger partial charge in [0.25, 0.3) is 0 Å². The van der Waals surface area contributed by atoms with Crippen molar-refractivity contribution in [2.45, 2.75) is 0 Å². The van der Waals surface area contributed by atoms with Crippen molar-refractivity contribution in [3.8, 4) is 56.4 Å². The summed E-state index contributed by atoms with van der Waals surface area (Å²) in [6.07, 6.45) is 0. The maximum absolute atomic E-state index is 6.72. The van der Waals surface area contributed by atoms with E-state index in [-0.39, 0.29) is 0 Å². The van der Waals surface area contributed by atoms with Crippen molar-refractivity contribution in [3.63, 3.8) is 0 Å². The third-order valence-corrected chi connectivity index (χ3v) is 8.07. The maximum atomic E-state index is 6.72. The predicted molar refractivity (Wildman–Crippen MR) is 165 cm³/mol. The number of furan rings is 1. The van der Waals surface area contributed by atoms with Gasteiger partial charge in [-0.1, -0.05) is 115 Å². The van der Waals surface area contributed by atoms with Crippen LogP contribution in [0.3, 0.4) is 0 Å². The fourth-order valence-corrected chi connectivity index (χ4v) is 6.27. The van der Waals surface area contributed by atoms with Crippen LogP contribution in [-0.2, 0) is 0 Å². The van der Waals surface area contributed by atoms with Crippen LogP contribution in [0.25, 0.3) is 89.1 Å². The summed E-state index contributed by atoms with van der Waals surface area (Å²) in [6, 6.07) is 43.7. The molecular weight excluding hydrogens is 502 g/mol. The Kier molecular flexibility index (Phi) is 4.58. The van der Waals surface area contributed by atoms with Crippen LogP contribution < -0.4 is 0 Å². The summed E-state index contributed by atoms with van der Waals surface area (Å²) in [5.41, 5.74) is 9.39. The molecule has 0 spiro atoms. The van der Waals surface area contributed by atoms with Gasteiger partial charge >= 0.3 is 0 Å². The van der Waals surface area contributed by atoms with Crippen LogP contribution in [0.1, 0.15) is 0 Å². The van der Waals surface area contributed by atoms with Gasteiger partial charge in [0.15, 0.2) is 17.5 Å². The smallest absolute Gasteiger partial charge is 0.167 e. The molecule has 0 aliphatic heterocycles. The SMILES string of the molecule is c1ccc(-c2nc(-c3ccccc3)nc(-c3cccc4c3oc3cc5c6c(cccc6c34)-c3ccccc3-5)n2)cc1. The van der Waals surface area contributed by atoms with Gasteiger partial charge in [0.1, 0.15) is 11.2 Å². The average molecular weight is 524 g/mol. The molecule has 2 heterocycles. The van der Waals surface area contributed by atoms with Gasteiger partial charge < -0.3 is 4.42 Å². The third-order valence-electron chi connectivity index (χ3n) is 8.07. The lowest BCUT2D eigenvalue weighted by molar-refractivity contribution is 0.670. The van der Waals surface area contributed by atoms with Gasteiger partial charge in [-0.05, 0) is 45.2 Å². The highest BCUT2D eigenvalue weighted by atomic mass is 16.3. The molecule has 8 aromatic rings. The van der Waals surface area contributed by atoms with Crippen molar-refractivity contribution < 1.29 is 4.42 Å². The molecule has 41 heavy (non-hydrogen) atoms. The van der Waals surface area contributed by atoms with E-state index in [2.05, 4.69) is 60.7 Å². The Morgan fingerprint density at radius 1 is 0.390 bits per heavy atom. The molecule has 9 rings (SSSR count). The van der Waals surface area contributed by atoms with Crippen molar-refractivity contribution in [2.24, 2.45) is 0 Å².